The molecule has 2 aliphatic rings. The van der Waals surface area contributed by atoms with Crippen molar-refractivity contribution in [1.29, 1.82) is 0 Å². The maximum atomic E-state index is 12.4. The standard InChI is InChI=1S/C23H31NO7/c1-13(2)23(26)30-16-10-15-11-18(17(12-16)24-15)31-21(25)7-6-14-8-19(27-3)22(29-5)20(9-14)28-4/h6-9,13,15-18,24H,10-12H2,1-5H3. The fraction of sp³-hybridized carbons (Fsp3) is 0.565. The highest BCUT2D eigenvalue weighted by Gasteiger charge is 2.43. The average Bonchev–Trinajstić information content (AvgIpc) is 3.03. The van der Waals surface area contributed by atoms with Crippen molar-refractivity contribution in [3.8, 4) is 17.2 Å². The summed E-state index contributed by atoms with van der Waals surface area (Å²) in [4.78, 5) is 24.3. The lowest BCUT2D eigenvalue weighted by Gasteiger charge is -2.29. The minimum absolute atomic E-state index is 0.0118. The summed E-state index contributed by atoms with van der Waals surface area (Å²) in [6.45, 7) is 3.64. The van der Waals surface area contributed by atoms with Crippen LogP contribution in [0.5, 0.6) is 17.2 Å². The molecular formula is C23H31NO7. The van der Waals surface area contributed by atoms with E-state index in [0.29, 0.717) is 30.1 Å². The van der Waals surface area contributed by atoms with Crippen LogP contribution < -0.4 is 19.5 Å². The van der Waals surface area contributed by atoms with E-state index in [1.807, 2.05) is 13.8 Å². The summed E-state index contributed by atoms with van der Waals surface area (Å²) in [5, 5.41) is 3.46. The van der Waals surface area contributed by atoms with Gasteiger partial charge in [0.15, 0.2) is 11.5 Å². The molecule has 4 unspecified atom stereocenters. The van der Waals surface area contributed by atoms with Gasteiger partial charge in [-0.3, -0.25) is 4.79 Å². The number of nitrogens with one attached hydrogen (secondary N) is 1. The number of ether oxygens (including phenoxy) is 5. The third-order valence-corrected chi connectivity index (χ3v) is 5.60. The molecule has 1 aromatic carbocycles. The van der Waals surface area contributed by atoms with Gasteiger partial charge in [-0.2, -0.15) is 0 Å². The second-order valence-corrected chi connectivity index (χ2v) is 8.16. The van der Waals surface area contributed by atoms with Gasteiger partial charge in [-0.05, 0) is 30.2 Å². The Bertz CT molecular complexity index is 810. The van der Waals surface area contributed by atoms with Gasteiger partial charge < -0.3 is 29.0 Å². The summed E-state index contributed by atoms with van der Waals surface area (Å²) in [5.74, 6) is 0.733. The number of carbonyl (C=O) groups is 2. The van der Waals surface area contributed by atoms with Crippen LogP contribution in [0.25, 0.3) is 6.08 Å². The highest BCUT2D eigenvalue weighted by Crippen LogP contribution is 2.38. The number of carbonyl (C=O) groups excluding carboxylic acids is 2. The number of esters is 2. The first-order chi connectivity index (χ1) is 14.8. The molecule has 2 aliphatic heterocycles. The largest absolute Gasteiger partial charge is 0.493 e. The normalized spacial score (nSPS) is 24.8. The van der Waals surface area contributed by atoms with Gasteiger partial charge in [-0.1, -0.05) is 13.8 Å². The molecule has 2 fully saturated rings. The Hall–Kier alpha value is -2.74. The summed E-state index contributed by atoms with van der Waals surface area (Å²) in [6.07, 6.45) is 4.75. The van der Waals surface area contributed by atoms with Crippen molar-refractivity contribution < 1.29 is 33.3 Å². The molecule has 2 bridgehead atoms. The van der Waals surface area contributed by atoms with Gasteiger partial charge in [0.2, 0.25) is 5.75 Å². The number of fused-ring (bicyclic) bond motifs is 2. The number of benzene rings is 1. The molecule has 2 saturated heterocycles. The molecule has 31 heavy (non-hydrogen) atoms. The summed E-state index contributed by atoms with van der Waals surface area (Å²) >= 11 is 0. The molecule has 3 rings (SSSR count). The van der Waals surface area contributed by atoms with Crippen LogP contribution in [-0.2, 0) is 19.1 Å². The first-order valence-electron chi connectivity index (χ1n) is 10.5. The van der Waals surface area contributed by atoms with Crippen LogP contribution in [0.4, 0.5) is 0 Å². The highest BCUT2D eigenvalue weighted by atomic mass is 16.6. The number of methoxy groups -OCH3 is 3. The predicted molar refractivity (Wildman–Crippen MR) is 114 cm³/mol. The van der Waals surface area contributed by atoms with Crippen molar-refractivity contribution in [2.24, 2.45) is 5.92 Å². The van der Waals surface area contributed by atoms with E-state index < -0.39 is 5.97 Å². The van der Waals surface area contributed by atoms with Crippen LogP contribution in [0, 0.1) is 5.92 Å². The molecule has 1 N–H and O–H groups in total. The van der Waals surface area contributed by atoms with Crippen molar-refractivity contribution in [3.05, 3.63) is 23.8 Å². The first-order valence-corrected chi connectivity index (χ1v) is 10.5. The minimum Gasteiger partial charge on any atom is -0.493 e. The molecule has 0 aromatic heterocycles. The fourth-order valence-electron chi connectivity index (χ4n) is 4.08. The molecule has 0 spiro atoms. The molecule has 0 saturated carbocycles. The topological polar surface area (TPSA) is 92.3 Å². The average molecular weight is 434 g/mol. The lowest BCUT2D eigenvalue weighted by atomic mass is 10.0. The smallest absolute Gasteiger partial charge is 0.331 e. The zero-order valence-electron chi connectivity index (χ0n) is 18.7. The summed E-state index contributed by atoms with van der Waals surface area (Å²) in [5.41, 5.74) is 0.718. The molecule has 8 nitrogen and oxygen atoms in total. The molecular weight excluding hydrogens is 402 g/mol. The van der Waals surface area contributed by atoms with E-state index in [9.17, 15) is 9.59 Å². The van der Waals surface area contributed by atoms with Crippen molar-refractivity contribution in [2.75, 3.05) is 21.3 Å². The lowest BCUT2D eigenvalue weighted by molar-refractivity contribution is -0.155. The van der Waals surface area contributed by atoms with Crippen LogP contribution in [0.1, 0.15) is 38.7 Å². The van der Waals surface area contributed by atoms with Gasteiger partial charge in [0.05, 0.1) is 27.2 Å². The van der Waals surface area contributed by atoms with Crippen molar-refractivity contribution in [3.63, 3.8) is 0 Å². The van der Waals surface area contributed by atoms with Crippen molar-refractivity contribution in [1.82, 2.24) is 5.32 Å². The number of rotatable bonds is 8. The Balaban J connectivity index is 1.60. The lowest BCUT2D eigenvalue weighted by Crippen LogP contribution is -2.45. The molecule has 4 atom stereocenters. The quantitative estimate of drug-likeness (QED) is 0.494. The summed E-state index contributed by atoms with van der Waals surface area (Å²) in [7, 11) is 4.61. The number of hydrogen-bond donors (Lipinski definition) is 1. The minimum atomic E-state index is -0.427. The zero-order chi connectivity index (χ0) is 22.5. The Kier molecular flexibility index (Phi) is 7.43. The Labute approximate surface area is 182 Å². The van der Waals surface area contributed by atoms with Gasteiger partial charge in [0.25, 0.3) is 0 Å². The second kappa shape index (κ2) is 10.0. The van der Waals surface area contributed by atoms with Gasteiger partial charge in [0, 0.05) is 31.0 Å². The van der Waals surface area contributed by atoms with E-state index in [-0.39, 0.29) is 36.2 Å². The maximum Gasteiger partial charge on any atom is 0.331 e. The summed E-state index contributed by atoms with van der Waals surface area (Å²) < 4.78 is 27.3. The third kappa shape index (κ3) is 5.50. The third-order valence-electron chi connectivity index (χ3n) is 5.60. The van der Waals surface area contributed by atoms with E-state index in [4.69, 9.17) is 23.7 Å². The monoisotopic (exact) mass is 433 g/mol. The van der Waals surface area contributed by atoms with E-state index in [0.717, 1.165) is 12.0 Å². The second-order valence-electron chi connectivity index (χ2n) is 8.16. The van der Waals surface area contributed by atoms with E-state index in [1.165, 1.54) is 27.4 Å². The fourth-order valence-corrected chi connectivity index (χ4v) is 4.08. The highest BCUT2D eigenvalue weighted by molar-refractivity contribution is 5.87. The van der Waals surface area contributed by atoms with Crippen molar-refractivity contribution >= 4 is 18.0 Å². The molecule has 1 aromatic rings. The van der Waals surface area contributed by atoms with Crippen LogP contribution in [0.3, 0.4) is 0 Å². The molecule has 0 radical (unpaired) electrons. The molecule has 8 heteroatoms. The van der Waals surface area contributed by atoms with Gasteiger partial charge in [0.1, 0.15) is 12.2 Å². The van der Waals surface area contributed by atoms with E-state index >= 15 is 0 Å². The maximum absolute atomic E-state index is 12.4. The van der Waals surface area contributed by atoms with Crippen LogP contribution in [0.15, 0.2) is 18.2 Å². The zero-order valence-corrected chi connectivity index (χ0v) is 18.7. The first kappa shape index (κ1) is 22.9. The van der Waals surface area contributed by atoms with E-state index in [1.54, 1.807) is 18.2 Å². The molecule has 0 aliphatic carbocycles. The SMILES string of the molecule is COc1cc(C=CC(=O)OC2CC3CC(OC(=O)C(C)C)CC2N3)cc(OC)c1OC. The number of piperidine rings is 1. The van der Waals surface area contributed by atoms with Crippen LogP contribution >= 0.6 is 0 Å². The molecule has 0 amide bonds. The number of hydrogen-bond acceptors (Lipinski definition) is 8. The predicted octanol–water partition coefficient (Wildman–Crippen LogP) is 2.73. The van der Waals surface area contributed by atoms with Crippen LogP contribution in [0.2, 0.25) is 0 Å². The Morgan fingerprint density at radius 2 is 1.68 bits per heavy atom. The Morgan fingerprint density at radius 3 is 2.26 bits per heavy atom. The summed E-state index contributed by atoms with van der Waals surface area (Å²) in [6, 6.07) is 3.68. The van der Waals surface area contributed by atoms with Gasteiger partial charge in [-0.25, -0.2) is 4.79 Å². The van der Waals surface area contributed by atoms with Crippen molar-refractivity contribution in [2.45, 2.75) is 57.4 Å². The Morgan fingerprint density at radius 1 is 1.00 bits per heavy atom. The molecule has 2 heterocycles. The van der Waals surface area contributed by atoms with Gasteiger partial charge >= 0.3 is 11.9 Å². The van der Waals surface area contributed by atoms with E-state index in [2.05, 4.69) is 5.32 Å². The molecule has 170 valence electrons. The van der Waals surface area contributed by atoms with Gasteiger partial charge in [-0.15, -0.1) is 0 Å². The van der Waals surface area contributed by atoms with Crippen LogP contribution in [-0.4, -0.2) is 57.6 Å².